The molecule has 0 radical (unpaired) electrons. The highest BCUT2D eigenvalue weighted by atomic mass is 35.5. The van der Waals surface area contributed by atoms with Crippen LogP contribution in [-0.2, 0) is 4.79 Å². The van der Waals surface area contributed by atoms with Crippen molar-refractivity contribution in [1.82, 2.24) is 10.6 Å². The van der Waals surface area contributed by atoms with Gasteiger partial charge in [0.15, 0.2) is 6.10 Å². The summed E-state index contributed by atoms with van der Waals surface area (Å²) in [5.41, 5.74) is 0. The van der Waals surface area contributed by atoms with Crippen molar-refractivity contribution in [3.05, 3.63) is 29.3 Å². The van der Waals surface area contributed by atoms with Gasteiger partial charge in [0.05, 0.1) is 6.10 Å². The van der Waals surface area contributed by atoms with Gasteiger partial charge in [-0.2, -0.15) is 0 Å². The lowest BCUT2D eigenvalue weighted by Gasteiger charge is -2.15. The SMILES string of the molecule is CC(O)CNCCNC(=O)C(C)Oc1cccc(Cl)c1. The minimum atomic E-state index is -0.592. The lowest BCUT2D eigenvalue weighted by molar-refractivity contribution is -0.127. The molecule has 2 atom stereocenters. The Morgan fingerprint density at radius 1 is 1.40 bits per heavy atom. The van der Waals surface area contributed by atoms with E-state index in [9.17, 15) is 4.79 Å². The van der Waals surface area contributed by atoms with Crippen molar-refractivity contribution in [3.63, 3.8) is 0 Å². The topological polar surface area (TPSA) is 70.6 Å². The molecule has 0 bridgehead atoms. The van der Waals surface area contributed by atoms with Crippen LogP contribution in [0.2, 0.25) is 5.02 Å². The van der Waals surface area contributed by atoms with Gasteiger partial charge in [0, 0.05) is 24.7 Å². The van der Waals surface area contributed by atoms with E-state index in [2.05, 4.69) is 10.6 Å². The van der Waals surface area contributed by atoms with Crippen LogP contribution in [0.3, 0.4) is 0 Å². The van der Waals surface area contributed by atoms with Crippen LogP contribution < -0.4 is 15.4 Å². The maximum Gasteiger partial charge on any atom is 0.260 e. The van der Waals surface area contributed by atoms with E-state index in [1.165, 1.54) is 0 Å². The van der Waals surface area contributed by atoms with Crippen molar-refractivity contribution in [1.29, 1.82) is 0 Å². The Morgan fingerprint density at radius 3 is 2.80 bits per heavy atom. The standard InChI is InChI=1S/C14H21ClN2O3/c1-10(18)9-16-6-7-17-14(19)11(2)20-13-5-3-4-12(15)8-13/h3-5,8,10-11,16,18H,6-7,9H2,1-2H3,(H,17,19). The maximum absolute atomic E-state index is 11.8. The Kier molecular flexibility index (Phi) is 7.36. The number of rotatable bonds is 8. The van der Waals surface area contributed by atoms with Gasteiger partial charge in [0.2, 0.25) is 0 Å². The number of benzene rings is 1. The normalized spacial score (nSPS) is 13.6. The number of hydrogen-bond donors (Lipinski definition) is 3. The lowest BCUT2D eigenvalue weighted by Crippen LogP contribution is -2.40. The molecule has 0 saturated carbocycles. The number of hydrogen-bond acceptors (Lipinski definition) is 4. The fraction of sp³-hybridized carbons (Fsp3) is 0.500. The first-order valence-corrected chi connectivity index (χ1v) is 6.95. The fourth-order valence-corrected chi connectivity index (χ4v) is 1.71. The van der Waals surface area contributed by atoms with Gasteiger partial charge in [-0.3, -0.25) is 4.79 Å². The zero-order valence-electron chi connectivity index (χ0n) is 11.7. The van der Waals surface area contributed by atoms with E-state index in [-0.39, 0.29) is 5.91 Å². The van der Waals surface area contributed by atoms with Crippen LogP contribution in [-0.4, -0.2) is 42.9 Å². The molecule has 3 N–H and O–H groups in total. The molecule has 5 nitrogen and oxygen atoms in total. The minimum Gasteiger partial charge on any atom is -0.481 e. The Hall–Kier alpha value is -1.30. The largest absolute Gasteiger partial charge is 0.481 e. The highest BCUT2D eigenvalue weighted by molar-refractivity contribution is 6.30. The van der Waals surface area contributed by atoms with E-state index in [0.717, 1.165) is 0 Å². The average Bonchev–Trinajstić information content (AvgIpc) is 2.37. The Bertz CT molecular complexity index is 427. The van der Waals surface area contributed by atoms with Crippen LogP contribution in [0.5, 0.6) is 5.75 Å². The fourth-order valence-electron chi connectivity index (χ4n) is 1.53. The first-order valence-electron chi connectivity index (χ1n) is 6.57. The summed E-state index contributed by atoms with van der Waals surface area (Å²) >= 11 is 5.84. The quantitative estimate of drug-likeness (QED) is 0.631. The van der Waals surface area contributed by atoms with E-state index < -0.39 is 12.2 Å². The Labute approximate surface area is 124 Å². The van der Waals surface area contributed by atoms with Crippen LogP contribution in [0.4, 0.5) is 0 Å². The molecule has 0 spiro atoms. The monoisotopic (exact) mass is 300 g/mol. The Balaban J connectivity index is 2.25. The molecule has 0 heterocycles. The molecule has 112 valence electrons. The molecule has 1 aromatic carbocycles. The number of carbonyl (C=O) groups is 1. The molecule has 1 aromatic rings. The van der Waals surface area contributed by atoms with Crippen LogP contribution in [0, 0.1) is 0 Å². The van der Waals surface area contributed by atoms with E-state index in [1.54, 1.807) is 38.1 Å². The second-order valence-corrected chi connectivity index (χ2v) is 5.00. The molecule has 20 heavy (non-hydrogen) atoms. The summed E-state index contributed by atoms with van der Waals surface area (Å²) in [7, 11) is 0. The van der Waals surface area contributed by atoms with Gasteiger partial charge in [-0.15, -0.1) is 0 Å². The number of aliphatic hydroxyl groups is 1. The summed E-state index contributed by atoms with van der Waals surface area (Å²) in [6.45, 7) is 4.96. The van der Waals surface area contributed by atoms with Crippen LogP contribution in [0.25, 0.3) is 0 Å². The minimum absolute atomic E-state index is 0.191. The smallest absolute Gasteiger partial charge is 0.260 e. The molecule has 6 heteroatoms. The summed E-state index contributed by atoms with van der Waals surface area (Å²) in [5.74, 6) is 0.371. The molecular weight excluding hydrogens is 280 g/mol. The van der Waals surface area contributed by atoms with Crippen molar-refractivity contribution >= 4 is 17.5 Å². The molecular formula is C14H21ClN2O3. The Morgan fingerprint density at radius 2 is 2.15 bits per heavy atom. The van der Waals surface area contributed by atoms with E-state index in [1.807, 2.05) is 0 Å². The van der Waals surface area contributed by atoms with Crippen LogP contribution in [0.1, 0.15) is 13.8 Å². The second kappa shape index (κ2) is 8.79. The van der Waals surface area contributed by atoms with Crippen molar-refractivity contribution in [3.8, 4) is 5.75 Å². The maximum atomic E-state index is 11.8. The highest BCUT2D eigenvalue weighted by Crippen LogP contribution is 2.18. The third kappa shape index (κ3) is 6.75. The molecule has 0 aliphatic rings. The summed E-state index contributed by atoms with van der Waals surface area (Å²) in [4.78, 5) is 11.8. The summed E-state index contributed by atoms with van der Waals surface area (Å²) in [6.07, 6.45) is -0.985. The average molecular weight is 301 g/mol. The first-order chi connectivity index (χ1) is 9.49. The molecule has 0 saturated heterocycles. The molecule has 0 fully saturated rings. The number of ether oxygens (including phenoxy) is 1. The molecule has 1 rings (SSSR count). The zero-order valence-corrected chi connectivity index (χ0v) is 12.5. The lowest BCUT2D eigenvalue weighted by atomic mass is 10.3. The van der Waals surface area contributed by atoms with Gasteiger partial charge < -0.3 is 20.5 Å². The molecule has 2 unspecified atom stereocenters. The van der Waals surface area contributed by atoms with Gasteiger partial charge in [-0.05, 0) is 32.0 Å². The van der Waals surface area contributed by atoms with Crippen molar-refractivity contribution in [2.75, 3.05) is 19.6 Å². The third-order valence-corrected chi connectivity index (χ3v) is 2.75. The van der Waals surface area contributed by atoms with E-state index >= 15 is 0 Å². The number of aliphatic hydroxyl groups excluding tert-OH is 1. The number of halogens is 1. The highest BCUT2D eigenvalue weighted by Gasteiger charge is 2.13. The van der Waals surface area contributed by atoms with E-state index in [0.29, 0.717) is 30.4 Å². The summed E-state index contributed by atoms with van der Waals surface area (Å²) in [6, 6.07) is 6.92. The van der Waals surface area contributed by atoms with Crippen molar-refractivity contribution < 1.29 is 14.6 Å². The zero-order chi connectivity index (χ0) is 15.0. The van der Waals surface area contributed by atoms with Crippen molar-refractivity contribution in [2.24, 2.45) is 0 Å². The molecule has 0 aliphatic heterocycles. The van der Waals surface area contributed by atoms with Crippen LogP contribution >= 0.6 is 11.6 Å². The molecule has 0 aromatic heterocycles. The number of carbonyl (C=O) groups excluding carboxylic acids is 1. The van der Waals surface area contributed by atoms with Gasteiger partial charge in [-0.1, -0.05) is 17.7 Å². The van der Waals surface area contributed by atoms with Gasteiger partial charge in [0.1, 0.15) is 5.75 Å². The second-order valence-electron chi connectivity index (χ2n) is 4.56. The van der Waals surface area contributed by atoms with Gasteiger partial charge in [-0.25, -0.2) is 0 Å². The first kappa shape index (κ1) is 16.8. The van der Waals surface area contributed by atoms with Gasteiger partial charge in [0.25, 0.3) is 5.91 Å². The van der Waals surface area contributed by atoms with Crippen molar-refractivity contribution in [2.45, 2.75) is 26.1 Å². The summed E-state index contributed by atoms with van der Waals surface area (Å²) in [5, 5.41) is 15.4. The van der Waals surface area contributed by atoms with E-state index in [4.69, 9.17) is 21.4 Å². The predicted molar refractivity (Wildman–Crippen MR) is 79.1 cm³/mol. The molecule has 1 amide bonds. The van der Waals surface area contributed by atoms with Crippen LogP contribution in [0.15, 0.2) is 24.3 Å². The molecule has 0 aliphatic carbocycles. The predicted octanol–water partition coefficient (Wildman–Crippen LogP) is 1.19. The van der Waals surface area contributed by atoms with Gasteiger partial charge >= 0.3 is 0 Å². The number of nitrogens with one attached hydrogen (secondary N) is 2. The third-order valence-electron chi connectivity index (χ3n) is 2.52. The summed E-state index contributed by atoms with van der Waals surface area (Å²) < 4.78 is 5.50. The number of amides is 1.